The van der Waals surface area contributed by atoms with Gasteiger partial charge in [0.25, 0.3) is 0 Å². The number of carbonyl (C=O) groups is 1. The molecule has 1 aromatic heterocycles. The molecule has 0 spiro atoms. The van der Waals surface area contributed by atoms with Crippen molar-refractivity contribution in [3.8, 4) is 17.1 Å². The number of nitrogens with one attached hydrogen (secondary N) is 1. The zero-order valence-corrected chi connectivity index (χ0v) is 18.4. The first-order valence-corrected chi connectivity index (χ1v) is 10.7. The highest BCUT2D eigenvalue weighted by Gasteiger charge is 2.16. The monoisotopic (exact) mass is 446 g/mol. The minimum atomic E-state index is -0.121. The molecule has 158 valence electrons. The first-order valence-electron chi connectivity index (χ1n) is 9.35. The molecule has 0 saturated carbocycles. The molecule has 1 heterocycles. The van der Waals surface area contributed by atoms with Gasteiger partial charge < -0.3 is 19.4 Å². The van der Waals surface area contributed by atoms with Gasteiger partial charge in [-0.2, -0.15) is 0 Å². The molecule has 1 amide bonds. The fraction of sp³-hybridized carbons (Fsp3) is 0.286. The molecule has 0 aliphatic heterocycles. The number of rotatable bonds is 10. The molecule has 9 heteroatoms. The summed E-state index contributed by atoms with van der Waals surface area (Å²) in [5, 5.41) is 12.9. The molecule has 2 aromatic carbocycles. The average molecular weight is 447 g/mol. The van der Waals surface area contributed by atoms with Crippen molar-refractivity contribution in [3.63, 3.8) is 0 Å². The Balaban J connectivity index is 1.69. The van der Waals surface area contributed by atoms with Crippen molar-refractivity contribution in [2.24, 2.45) is 0 Å². The van der Waals surface area contributed by atoms with Crippen molar-refractivity contribution >= 4 is 35.0 Å². The highest BCUT2D eigenvalue weighted by molar-refractivity contribution is 7.99. The van der Waals surface area contributed by atoms with E-state index >= 15 is 0 Å². The van der Waals surface area contributed by atoms with Crippen LogP contribution in [-0.2, 0) is 16.1 Å². The van der Waals surface area contributed by atoms with Crippen LogP contribution in [0.2, 0.25) is 5.02 Å². The number of halogens is 1. The van der Waals surface area contributed by atoms with Crippen LogP contribution in [0, 0.1) is 0 Å². The number of ether oxygens (including phenoxy) is 2. The Morgan fingerprint density at radius 3 is 2.50 bits per heavy atom. The van der Waals surface area contributed by atoms with Gasteiger partial charge in [0.1, 0.15) is 5.75 Å². The van der Waals surface area contributed by atoms with E-state index in [1.165, 1.54) is 11.8 Å². The average Bonchev–Trinajstić information content (AvgIpc) is 3.16. The van der Waals surface area contributed by atoms with E-state index < -0.39 is 0 Å². The topological polar surface area (TPSA) is 78.3 Å². The Morgan fingerprint density at radius 2 is 1.83 bits per heavy atom. The van der Waals surface area contributed by atoms with Crippen LogP contribution in [0.3, 0.4) is 0 Å². The molecule has 0 aliphatic carbocycles. The first kappa shape index (κ1) is 22.1. The van der Waals surface area contributed by atoms with Crippen LogP contribution in [0.25, 0.3) is 11.4 Å². The summed E-state index contributed by atoms with van der Waals surface area (Å²) in [5.74, 6) is 1.57. The number of thioether (sulfide) groups is 1. The molecule has 0 fully saturated rings. The van der Waals surface area contributed by atoms with Crippen molar-refractivity contribution in [3.05, 3.63) is 53.6 Å². The maximum Gasteiger partial charge on any atom is 0.234 e. The largest absolute Gasteiger partial charge is 0.497 e. The minimum absolute atomic E-state index is 0.121. The van der Waals surface area contributed by atoms with E-state index in [0.717, 1.165) is 23.6 Å². The number of anilines is 1. The molecule has 0 bridgehead atoms. The number of hydrogen-bond donors (Lipinski definition) is 1. The zero-order chi connectivity index (χ0) is 21.3. The molecular formula is C21H23ClN4O3S. The molecule has 7 nitrogen and oxygen atoms in total. The quantitative estimate of drug-likeness (QED) is 0.368. The number of hydrogen-bond acceptors (Lipinski definition) is 6. The van der Waals surface area contributed by atoms with Gasteiger partial charge in [0, 0.05) is 36.5 Å². The van der Waals surface area contributed by atoms with E-state index in [-0.39, 0.29) is 11.7 Å². The van der Waals surface area contributed by atoms with Gasteiger partial charge in [-0.3, -0.25) is 4.79 Å². The van der Waals surface area contributed by atoms with E-state index in [0.29, 0.717) is 29.0 Å². The number of methoxy groups -OCH3 is 2. The third kappa shape index (κ3) is 5.98. The first-order chi connectivity index (χ1) is 14.6. The lowest BCUT2D eigenvalue weighted by Gasteiger charge is -2.10. The lowest BCUT2D eigenvalue weighted by atomic mass is 10.2. The molecule has 3 aromatic rings. The van der Waals surface area contributed by atoms with Crippen LogP contribution in [-0.4, -0.2) is 47.3 Å². The second-order valence-electron chi connectivity index (χ2n) is 6.38. The Hall–Kier alpha value is -2.55. The van der Waals surface area contributed by atoms with Crippen molar-refractivity contribution in [1.82, 2.24) is 14.8 Å². The Bertz CT molecular complexity index is 961. The summed E-state index contributed by atoms with van der Waals surface area (Å²) < 4.78 is 12.3. The molecule has 30 heavy (non-hydrogen) atoms. The lowest BCUT2D eigenvalue weighted by Crippen LogP contribution is -2.14. The van der Waals surface area contributed by atoms with E-state index in [2.05, 4.69) is 15.5 Å². The van der Waals surface area contributed by atoms with Gasteiger partial charge in [-0.05, 0) is 55.0 Å². The molecular weight excluding hydrogens is 424 g/mol. The fourth-order valence-corrected chi connectivity index (χ4v) is 3.67. The number of benzene rings is 2. The predicted molar refractivity (Wildman–Crippen MR) is 119 cm³/mol. The maximum atomic E-state index is 12.4. The lowest BCUT2D eigenvalue weighted by molar-refractivity contribution is -0.113. The zero-order valence-electron chi connectivity index (χ0n) is 16.8. The summed E-state index contributed by atoms with van der Waals surface area (Å²) in [6.07, 6.45) is 0.806. The molecule has 0 atom stereocenters. The van der Waals surface area contributed by atoms with Gasteiger partial charge in [0.15, 0.2) is 11.0 Å². The van der Waals surface area contributed by atoms with Crippen LogP contribution in [0.15, 0.2) is 53.7 Å². The summed E-state index contributed by atoms with van der Waals surface area (Å²) >= 11 is 7.34. The Morgan fingerprint density at radius 1 is 1.10 bits per heavy atom. The fourth-order valence-electron chi connectivity index (χ4n) is 2.78. The number of nitrogens with zero attached hydrogens (tertiary/aromatic N) is 3. The highest BCUT2D eigenvalue weighted by Crippen LogP contribution is 2.26. The van der Waals surface area contributed by atoms with Gasteiger partial charge in [0.2, 0.25) is 5.91 Å². The SMILES string of the molecule is COCCCn1c(SCC(=O)Nc2ccc(OC)cc2)nnc1-c1ccc(Cl)cc1. The van der Waals surface area contributed by atoms with Gasteiger partial charge in [-0.15, -0.1) is 10.2 Å². The molecule has 1 N–H and O–H groups in total. The number of carbonyl (C=O) groups excluding carboxylic acids is 1. The van der Waals surface area contributed by atoms with Crippen molar-refractivity contribution in [2.45, 2.75) is 18.1 Å². The van der Waals surface area contributed by atoms with Crippen LogP contribution in [0.4, 0.5) is 5.69 Å². The second-order valence-corrected chi connectivity index (χ2v) is 7.76. The minimum Gasteiger partial charge on any atom is -0.497 e. The molecule has 0 aliphatic rings. The summed E-state index contributed by atoms with van der Waals surface area (Å²) in [5.41, 5.74) is 1.63. The van der Waals surface area contributed by atoms with Crippen molar-refractivity contribution < 1.29 is 14.3 Å². The Labute approximate surface area is 184 Å². The third-order valence-corrected chi connectivity index (χ3v) is 5.47. The van der Waals surface area contributed by atoms with E-state index in [9.17, 15) is 4.79 Å². The molecule has 0 saturated heterocycles. The molecule has 3 rings (SSSR count). The second kappa shape index (κ2) is 11.0. The Kier molecular flexibility index (Phi) is 8.12. The maximum absolute atomic E-state index is 12.4. The van der Waals surface area contributed by atoms with Gasteiger partial charge in [-0.1, -0.05) is 23.4 Å². The highest BCUT2D eigenvalue weighted by atomic mass is 35.5. The van der Waals surface area contributed by atoms with Crippen LogP contribution in [0.5, 0.6) is 5.75 Å². The smallest absolute Gasteiger partial charge is 0.234 e. The summed E-state index contributed by atoms with van der Waals surface area (Å²) in [6, 6.07) is 14.6. The summed E-state index contributed by atoms with van der Waals surface area (Å²) in [6.45, 7) is 1.31. The molecule has 0 unspecified atom stereocenters. The standard InChI is InChI=1S/C21H23ClN4O3S/c1-28-13-3-12-26-20(15-4-6-16(22)7-5-15)24-25-21(26)30-14-19(27)23-17-8-10-18(29-2)11-9-17/h4-11H,3,12-14H2,1-2H3,(H,23,27). The van der Waals surface area contributed by atoms with Gasteiger partial charge >= 0.3 is 0 Å². The van der Waals surface area contributed by atoms with Crippen LogP contribution in [0.1, 0.15) is 6.42 Å². The summed E-state index contributed by atoms with van der Waals surface area (Å²) in [7, 11) is 3.27. The van der Waals surface area contributed by atoms with E-state index in [1.807, 2.05) is 28.8 Å². The summed E-state index contributed by atoms with van der Waals surface area (Å²) in [4.78, 5) is 12.4. The van der Waals surface area contributed by atoms with Gasteiger partial charge in [-0.25, -0.2) is 0 Å². The van der Waals surface area contributed by atoms with Crippen LogP contribution >= 0.6 is 23.4 Å². The number of aromatic nitrogens is 3. The van der Waals surface area contributed by atoms with E-state index in [4.69, 9.17) is 21.1 Å². The normalized spacial score (nSPS) is 10.8. The predicted octanol–water partition coefficient (Wildman–Crippen LogP) is 4.37. The number of amides is 1. The third-order valence-electron chi connectivity index (χ3n) is 4.26. The van der Waals surface area contributed by atoms with Crippen LogP contribution < -0.4 is 10.1 Å². The molecule has 0 radical (unpaired) electrons. The van der Waals surface area contributed by atoms with Crippen molar-refractivity contribution in [1.29, 1.82) is 0 Å². The van der Waals surface area contributed by atoms with Crippen molar-refractivity contribution in [2.75, 3.05) is 31.9 Å². The van der Waals surface area contributed by atoms with Gasteiger partial charge in [0.05, 0.1) is 12.9 Å². The van der Waals surface area contributed by atoms with E-state index in [1.54, 1.807) is 38.5 Å².